The van der Waals surface area contributed by atoms with Gasteiger partial charge in [0.1, 0.15) is 5.69 Å². The lowest BCUT2D eigenvalue weighted by molar-refractivity contribution is -0.120. The van der Waals surface area contributed by atoms with Gasteiger partial charge in [-0.25, -0.2) is 4.98 Å². The largest absolute Gasteiger partial charge is 0.347 e. The zero-order valence-electron chi connectivity index (χ0n) is 16.0. The lowest BCUT2D eigenvalue weighted by atomic mass is 10.1. The monoisotopic (exact) mass is 389 g/mol. The predicted octanol–water partition coefficient (Wildman–Crippen LogP) is 2.15. The number of hydrogen-bond donors (Lipinski definition) is 1. The van der Waals surface area contributed by atoms with Crippen LogP contribution in [0.2, 0.25) is 0 Å². The zero-order chi connectivity index (χ0) is 20.4. The van der Waals surface area contributed by atoms with Crippen LogP contribution in [0.5, 0.6) is 0 Å². The van der Waals surface area contributed by atoms with E-state index >= 15 is 0 Å². The lowest BCUT2D eigenvalue weighted by Gasteiger charge is -2.06. The van der Waals surface area contributed by atoms with Crippen LogP contribution in [-0.2, 0) is 24.8 Å². The third-order valence-corrected chi connectivity index (χ3v) is 4.61. The topological polar surface area (TPSA) is 103 Å². The molecular weight excluding hydrogens is 370 g/mol. The number of fused-ring (bicyclic) bond motifs is 1. The molecule has 2 aromatic carbocycles. The molecule has 1 amide bonds. The number of benzene rings is 2. The molecule has 4 rings (SSSR count). The van der Waals surface area contributed by atoms with Gasteiger partial charge in [0.15, 0.2) is 0 Å². The number of carbonyl (C=O) groups excluding carboxylic acids is 1. The first-order valence-corrected chi connectivity index (χ1v) is 9.12. The maximum absolute atomic E-state index is 12.1. The average molecular weight is 389 g/mol. The number of amides is 1. The molecule has 29 heavy (non-hydrogen) atoms. The first kappa shape index (κ1) is 18.5. The first-order chi connectivity index (χ1) is 14.0. The highest BCUT2D eigenvalue weighted by Gasteiger charge is 2.12. The summed E-state index contributed by atoms with van der Waals surface area (Å²) >= 11 is 0. The molecule has 0 saturated heterocycles. The van der Waals surface area contributed by atoms with Gasteiger partial charge in [-0.15, -0.1) is 0 Å². The molecule has 0 unspecified atom stereocenters. The zero-order valence-corrected chi connectivity index (χ0v) is 16.0. The first-order valence-electron chi connectivity index (χ1n) is 9.12. The van der Waals surface area contributed by atoms with Crippen LogP contribution >= 0.6 is 0 Å². The van der Waals surface area contributed by atoms with Gasteiger partial charge in [0.2, 0.25) is 17.6 Å². The molecule has 0 saturated carbocycles. The van der Waals surface area contributed by atoms with E-state index in [9.17, 15) is 9.59 Å². The number of aryl methyl sites for hydroxylation is 2. The van der Waals surface area contributed by atoms with E-state index in [1.165, 1.54) is 0 Å². The summed E-state index contributed by atoms with van der Waals surface area (Å²) in [4.78, 5) is 32.8. The molecule has 1 N–H and O–H groups in total. The summed E-state index contributed by atoms with van der Waals surface area (Å²) < 4.78 is 6.81. The highest BCUT2D eigenvalue weighted by atomic mass is 16.5. The molecule has 0 bridgehead atoms. The Kier molecular flexibility index (Phi) is 4.90. The molecule has 2 aromatic heterocycles. The lowest BCUT2D eigenvalue weighted by Crippen LogP contribution is -2.24. The second kappa shape index (κ2) is 7.67. The van der Waals surface area contributed by atoms with E-state index < -0.39 is 0 Å². The van der Waals surface area contributed by atoms with Gasteiger partial charge in [0.05, 0.1) is 24.0 Å². The van der Waals surface area contributed by atoms with Gasteiger partial charge in [-0.3, -0.25) is 9.59 Å². The van der Waals surface area contributed by atoms with Crippen molar-refractivity contribution in [3.8, 4) is 11.4 Å². The van der Waals surface area contributed by atoms with Crippen molar-refractivity contribution in [3.05, 3.63) is 76.0 Å². The van der Waals surface area contributed by atoms with E-state index in [1.807, 2.05) is 36.4 Å². The molecule has 2 heterocycles. The Morgan fingerprint density at radius 1 is 1.14 bits per heavy atom. The minimum absolute atomic E-state index is 0.123. The Labute approximate surface area is 166 Å². The van der Waals surface area contributed by atoms with Crippen LogP contribution in [0.25, 0.3) is 22.4 Å². The molecule has 4 aromatic rings. The van der Waals surface area contributed by atoms with E-state index in [1.54, 1.807) is 30.7 Å². The second-order valence-corrected chi connectivity index (χ2v) is 6.72. The smallest absolute Gasteiger partial charge is 0.272 e. The Balaban J connectivity index is 1.48. The number of carbonyl (C=O) groups is 1. The summed E-state index contributed by atoms with van der Waals surface area (Å²) in [7, 11) is 1.71. The van der Waals surface area contributed by atoms with Gasteiger partial charge in [0, 0.05) is 12.6 Å². The van der Waals surface area contributed by atoms with Gasteiger partial charge in [-0.2, -0.15) is 4.98 Å². The summed E-state index contributed by atoms with van der Waals surface area (Å²) in [6.07, 6.45) is 0.288. The third kappa shape index (κ3) is 3.91. The van der Waals surface area contributed by atoms with Crippen molar-refractivity contribution in [2.75, 3.05) is 0 Å². The number of nitrogens with zero attached hydrogens (tertiary/aromatic N) is 4. The van der Waals surface area contributed by atoms with Gasteiger partial charge in [0.25, 0.3) is 5.56 Å². The van der Waals surface area contributed by atoms with Crippen LogP contribution in [0.4, 0.5) is 0 Å². The van der Waals surface area contributed by atoms with E-state index in [2.05, 4.69) is 20.4 Å². The van der Waals surface area contributed by atoms with Crippen LogP contribution in [0.3, 0.4) is 0 Å². The van der Waals surface area contributed by atoms with Crippen molar-refractivity contribution in [1.29, 1.82) is 0 Å². The van der Waals surface area contributed by atoms with E-state index in [-0.39, 0.29) is 24.4 Å². The standard InChI is InChI=1S/C21H19N5O3/c1-13-21(28)26(2)17-9-8-15(11-16(17)23-13)20-24-19(29-25-20)12-22-18(27)10-14-6-4-3-5-7-14/h3-9,11H,10,12H2,1-2H3,(H,22,27). The molecule has 0 aliphatic rings. The number of aromatic nitrogens is 4. The molecule has 0 radical (unpaired) electrons. The average Bonchev–Trinajstić information content (AvgIpc) is 3.20. The summed E-state index contributed by atoms with van der Waals surface area (Å²) in [5, 5.41) is 6.76. The van der Waals surface area contributed by atoms with Crippen molar-refractivity contribution in [3.63, 3.8) is 0 Å². The van der Waals surface area contributed by atoms with E-state index in [0.29, 0.717) is 28.5 Å². The third-order valence-electron chi connectivity index (χ3n) is 4.61. The van der Waals surface area contributed by atoms with E-state index in [4.69, 9.17) is 4.52 Å². The van der Waals surface area contributed by atoms with Crippen molar-refractivity contribution >= 4 is 16.9 Å². The van der Waals surface area contributed by atoms with Crippen molar-refractivity contribution in [2.45, 2.75) is 19.9 Å². The molecule has 146 valence electrons. The maximum atomic E-state index is 12.1. The maximum Gasteiger partial charge on any atom is 0.272 e. The molecule has 0 spiro atoms. The summed E-state index contributed by atoms with van der Waals surface area (Å²) in [6.45, 7) is 1.83. The normalized spacial score (nSPS) is 11.0. The Bertz CT molecular complexity index is 1240. The molecular formula is C21H19N5O3. The highest BCUT2D eigenvalue weighted by molar-refractivity contribution is 5.80. The van der Waals surface area contributed by atoms with Crippen LogP contribution < -0.4 is 10.9 Å². The van der Waals surface area contributed by atoms with Crippen molar-refractivity contribution < 1.29 is 9.32 Å². The SMILES string of the molecule is Cc1nc2cc(-c3noc(CNC(=O)Cc4ccccc4)n3)ccc2n(C)c1=O. The number of hydrogen-bond acceptors (Lipinski definition) is 6. The Hall–Kier alpha value is -3.81. The molecule has 0 aliphatic carbocycles. The van der Waals surface area contributed by atoms with E-state index in [0.717, 1.165) is 11.1 Å². The quantitative estimate of drug-likeness (QED) is 0.561. The highest BCUT2D eigenvalue weighted by Crippen LogP contribution is 2.20. The van der Waals surface area contributed by atoms with Gasteiger partial charge in [-0.1, -0.05) is 35.5 Å². The number of rotatable bonds is 5. The van der Waals surface area contributed by atoms with Crippen LogP contribution in [0, 0.1) is 6.92 Å². The Morgan fingerprint density at radius 3 is 2.72 bits per heavy atom. The van der Waals surface area contributed by atoms with Gasteiger partial charge < -0.3 is 14.4 Å². The minimum Gasteiger partial charge on any atom is -0.347 e. The van der Waals surface area contributed by atoms with Gasteiger partial charge >= 0.3 is 0 Å². The fraction of sp³-hybridized carbons (Fsp3) is 0.190. The second-order valence-electron chi connectivity index (χ2n) is 6.72. The Morgan fingerprint density at radius 2 is 1.93 bits per heavy atom. The van der Waals surface area contributed by atoms with Crippen molar-refractivity contribution in [1.82, 2.24) is 25.0 Å². The molecule has 0 aliphatic heterocycles. The molecule has 0 fully saturated rings. The summed E-state index contributed by atoms with van der Waals surface area (Å²) in [5.74, 6) is 0.584. The molecule has 8 nitrogen and oxygen atoms in total. The van der Waals surface area contributed by atoms with Crippen LogP contribution in [0.15, 0.2) is 57.8 Å². The molecule has 0 atom stereocenters. The number of nitrogens with one attached hydrogen (secondary N) is 1. The van der Waals surface area contributed by atoms with Crippen LogP contribution in [0.1, 0.15) is 17.1 Å². The molecule has 8 heteroatoms. The predicted molar refractivity (Wildman–Crippen MR) is 107 cm³/mol. The fourth-order valence-electron chi connectivity index (χ4n) is 3.08. The fourth-order valence-corrected chi connectivity index (χ4v) is 3.08. The summed E-state index contributed by atoms with van der Waals surface area (Å²) in [6, 6.07) is 14.9. The van der Waals surface area contributed by atoms with Gasteiger partial charge in [-0.05, 0) is 30.7 Å². The van der Waals surface area contributed by atoms with Crippen LogP contribution in [-0.4, -0.2) is 25.6 Å². The van der Waals surface area contributed by atoms with Crippen molar-refractivity contribution in [2.24, 2.45) is 7.05 Å². The minimum atomic E-state index is -0.127. The summed E-state index contributed by atoms with van der Waals surface area (Å²) in [5.41, 5.74) is 3.34.